The van der Waals surface area contributed by atoms with Gasteiger partial charge in [0.05, 0.1) is 12.7 Å². The Labute approximate surface area is 122 Å². The van der Waals surface area contributed by atoms with Crippen LogP contribution in [0.2, 0.25) is 0 Å². The van der Waals surface area contributed by atoms with Crippen molar-refractivity contribution < 1.29 is 17.9 Å². The van der Waals surface area contributed by atoms with Crippen LogP contribution in [0.5, 0.6) is 5.75 Å². The highest BCUT2D eigenvalue weighted by atomic mass is 35.5. The van der Waals surface area contributed by atoms with E-state index in [4.69, 9.17) is 16.2 Å². The maximum atomic E-state index is 12.7. The number of unbranched alkanes of at least 4 members (excludes halogenated alkanes) is 1. The van der Waals surface area contributed by atoms with E-state index >= 15 is 0 Å². The predicted molar refractivity (Wildman–Crippen MR) is 75.1 cm³/mol. The Morgan fingerprint density at radius 3 is 2.35 bits per heavy atom. The van der Waals surface area contributed by atoms with Crippen molar-refractivity contribution in [2.24, 2.45) is 11.5 Å². The molecule has 0 amide bonds. The van der Waals surface area contributed by atoms with E-state index in [1.807, 2.05) is 0 Å². The van der Waals surface area contributed by atoms with Gasteiger partial charge in [-0.15, -0.1) is 12.4 Å². The van der Waals surface area contributed by atoms with Crippen molar-refractivity contribution >= 4 is 12.4 Å². The highest BCUT2D eigenvalue weighted by Gasteiger charge is 2.31. The summed E-state index contributed by atoms with van der Waals surface area (Å²) >= 11 is 0. The minimum atomic E-state index is -4.40. The Kier molecular flexibility index (Phi) is 7.93. The Bertz CT molecular complexity index is 413. The second kappa shape index (κ2) is 8.34. The molecule has 0 aromatic heterocycles. The zero-order valence-electron chi connectivity index (χ0n) is 11.2. The Balaban J connectivity index is 0.00000361. The maximum Gasteiger partial charge on any atom is 0.416 e. The SMILES string of the molecule is COc1cc([C@@H](N)CCCCN)cc(C(F)(F)F)c1.Cl. The normalized spacial score (nSPS) is 12.7. The third kappa shape index (κ3) is 5.56. The largest absolute Gasteiger partial charge is 0.497 e. The molecule has 0 aliphatic heterocycles. The van der Waals surface area contributed by atoms with Crippen LogP contribution in [0.4, 0.5) is 13.2 Å². The molecule has 0 radical (unpaired) electrons. The van der Waals surface area contributed by atoms with Crippen LogP contribution in [0.3, 0.4) is 0 Å². The second-order valence-electron chi connectivity index (χ2n) is 4.38. The Morgan fingerprint density at radius 2 is 1.85 bits per heavy atom. The van der Waals surface area contributed by atoms with Crippen molar-refractivity contribution in [2.75, 3.05) is 13.7 Å². The first-order valence-electron chi connectivity index (χ1n) is 6.10. The topological polar surface area (TPSA) is 61.3 Å². The molecule has 1 aromatic carbocycles. The molecule has 0 fully saturated rings. The minimum Gasteiger partial charge on any atom is -0.497 e. The fourth-order valence-corrected chi connectivity index (χ4v) is 1.79. The number of halogens is 4. The number of ether oxygens (including phenoxy) is 1. The van der Waals surface area contributed by atoms with E-state index in [-0.39, 0.29) is 18.2 Å². The number of rotatable bonds is 6. The van der Waals surface area contributed by atoms with Crippen LogP contribution in [0.25, 0.3) is 0 Å². The molecule has 1 rings (SSSR count). The first kappa shape index (κ1) is 19.0. The zero-order chi connectivity index (χ0) is 14.5. The Hall–Kier alpha value is -0.980. The van der Waals surface area contributed by atoms with Crippen molar-refractivity contribution in [3.63, 3.8) is 0 Å². The molecular weight excluding hydrogens is 293 g/mol. The van der Waals surface area contributed by atoms with Crippen molar-refractivity contribution in [2.45, 2.75) is 31.5 Å². The van der Waals surface area contributed by atoms with Gasteiger partial charge in [0.1, 0.15) is 5.75 Å². The van der Waals surface area contributed by atoms with E-state index in [0.717, 1.165) is 25.0 Å². The number of nitrogens with two attached hydrogens (primary N) is 2. The van der Waals surface area contributed by atoms with Gasteiger partial charge in [-0.2, -0.15) is 13.2 Å². The summed E-state index contributed by atoms with van der Waals surface area (Å²) in [6, 6.07) is 3.15. The first-order chi connectivity index (χ1) is 8.88. The molecule has 116 valence electrons. The van der Waals surface area contributed by atoms with Gasteiger partial charge in [0.2, 0.25) is 0 Å². The summed E-state index contributed by atoms with van der Waals surface area (Å²) in [4.78, 5) is 0. The van der Waals surface area contributed by atoms with Gasteiger partial charge >= 0.3 is 6.18 Å². The number of hydrogen-bond acceptors (Lipinski definition) is 3. The fourth-order valence-electron chi connectivity index (χ4n) is 1.79. The summed E-state index contributed by atoms with van der Waals surface area (Å²) in [5.74, 6) is 0.166. The summed E-state index contributed by atoms with van der Waals surface area (Å²) in [6.45, 7) is 0.554. The molecule has 1 aromatic rings. The summed E-state index contributed by atoms with van der Waals surface area (Å²) < 4.78 is 43.1. The molecule has 0 spiro atoms. The van der Waals surface area contributed by atoms with Crippen molar-refractivity contribution in [1.29, 1.82) is 0 Å². The van der Waals surface area contributed by atoms with Crippen molar-refractivity contribution in [3.05, 3.63) is 29.3 Å². The standard InChI is InChI=1S/C13H19F3N2O.ClH/c1-19-11-7-9(12(18)4-2-3-5-17)6-10(8-11)13(14,15)16;/h6-8,12H,2-5,17-18H2,1H3;1H/t12-;/m0./s1. The summed E-state index contributed by atoms with van der Waals surface area (Å²) in [6.07, 6.45) is -2.21. The average molecular weight is 313 g/mol. The Morgan fingerprint density at radius 1 is 1.20 bits per heavy atom. The molecule has 0 aliphatic carbocycles. The highest BCUT2D eigenvalue weighted by molar-refractivity contribution is 5.85. The molecule has 1 atom stereocenters. The number of benzene rings is 1. The van der Waals surface area contributed by atoms with E-state index in [9.17, 15) is 13.2 Å². The van der Waals surface area contributed by atoms with Crippen molar-refractivity contribution in [3.8, 4) is 5.75 Å². The van der Waals surface area contributed by atoms with Gasteiger partial charge in [-0.05, 0) is 43.1 Å². The number of hydrogen-bond donors (Lipinski definition) is 2. The van der Waals surface area contributed by atoms with Gasteiger partial charge in [0, 0.05) is 6.04 Å². The molecule has 0 unspecified atom stereocenters. The van der Waals surface area contributed by atoms with Crippen LogP contribution < -0.4 is 16.2 Å². The quantitative estimate of drug-likeness (QED) is 0.793. The summed E-state index contributed by atoms with van der Waals surface area (Å²) in [7, 11) is 1.33. The second-order valence-corrected chi connectivity index (χ2v) is 4.38. The lowest BCUT2D eigenvalue weighted by Gasteiger charge is -2.16. The van der Waals surface area contributed by atoms with Gasteiger partial charge in [-0.1, -0.05) is 6.42 Å². The van der Waals surface area contributed by atoms with Gasteiger partial charge in [0.25, 0.3) is 0 Å². The van der Waals surface area contributed by atoms with E-state index < -0.39 is 17.8 Å². The van der Waals surface area contributed by atoms with E-state index in [1.165, 1.54) is 7.11 Å². The molecule has 3 nitrogen and oxygen atoms in total. The van der Waals surface area contributed by atoms with Crippen molar-refractivity contribution in [1.82, 2.24) is 0 Å². The van der Waals surface area contributed by atoms with Crippen LogP contribution in [-0.2, 0) is 6.18 Å². The fraction of sp³-hybridized carbons (Fsp3) is 0.538. The molecular formula is C13H20ClF3N2O. The van der Waals surface area contributed by atoms with Crippen LogP contribution in [0.15, 0.2) is 18.2 Å². The lowest BCUT2D eigenvalue weighted by molar-refractivity contribution is -0.137. The van der Waals surface area contributed by atoms with Gasteiger partial charge in [-0.3, -0.25) is 0 Å². The van der Waals surface area contributed by atoms with Gasteiger partial charge in [-0.25, -0.2) is 0 Å². The maximum absolute atomic E-state index is 12.7. The lowest BCUT2D eigenvalue weighted by atomic mass is 9.99. The summed E-state index contributed by atoms with van der Waals surface area (Å²) in [5, 5.41) is 0. The monoisotopic (exact) mass is 312 g/mol. The predicted octanol–water partition coefficient (Wildman–Crippen LogP) is 3.26. The third-order valence-corrected chi connectivity index (χ3v) is 2.89. The molecule has 0 heterocycles. The molecule has 20 heavy (non-hydrogen) atoms. The lowest BCUT2D eigenvalue weighted by Crippen LogP contribution is -2.13. The van der Waals surface area contributed by atoms with E-state index in [1.54, 1.807) is 6.07 Å². The van der Waals surface area contributed by atoms with Crippen LogP contribution >= 0.6 is 12.4 Å². The van der Waals surface area contributed by atoms with Crippen LogP contribution in [-0.4, -0.2) is 13.7 Å². The highest BCUT2D eigenvalue weighted by Crippen LogP contribution is 2.34. The van der Waals surface area contributed by atoms with E-state index in [2.05, 4.69) is 0 Å². The minimum absolute atomic E-state index is 0. The summed E-state index contributed by atoms with van der Waals surface area (Å²) in [5.41, 5.74) is 11.0. The average Bonchev–Trinajstić information content (AvgIpc) is 2.37. The van der Waals surface area contributed by atoms with E-state index in [0.29, 0.717) is 18.5 Å². The number of methoxy groups -OCH3 is 1. The molecule has 4 N–H and O–H groups in total. The van der Waals surface area contributed by atoms with Gasteiger partial charge < -0.3 is 16.2 Å². The van der Waals surface area contributed by atoms with Crippen LogP contribution in [0, 0.1) is 0 Å². The number of alkyl halides is 3. The molecule has 7 heteroatoms. The molecule has 0 saturated carbocycles. The zero-order valence-corrected chi connectivity index (χ0v) is 12.1. The van der Waals surface area contributed by atoms with Gasteiger partial charge in [0.15, 0.2) is 0 Å². The smallest absolute Gasteiger partial charge is 0.416 e. The molecule has 0 saturated heterocycles. The first-order valence-corrected chi connectivity index (χ1v) is 6.10. The molecule has 0 aliphatic rings. The third-order valence-electron chi connectivity index (χ3n) is 2.89. The van der Waals surface area contributed by atoms with Crippen LogP contribution in [0.1, 0.15) is 36.4 Å². The molecule has 0 bridgehead atoms.